The second-order valence-corrected chi connectivity index (χ2v) is 9.72. The zero-order valence-electron chi connectivity index (χ0n) is 15.0. The van der Waals surface area contributed by atoms with Gasteiger partial charge in [-0.15, -0.1) is 5.10 Å². The molecule has 12 heteroatoms. The number of sulfonamides is 1. The highest BCUT2D eigenvalue weighted by Crippen LogP contribution is 2.17. The van der Waals surface area contributed by atoms with Gasteiger partial charge in [-0.05, 0) is 24.3 Å². The van der Waals surface area contributed by atoms with E-state index in [0.717, 1.165) is 6.26 Å². The van der Waals surface area contributed by atoms with Gasteiger partial charge >= 0.3 is 6.01 Å². The Morgan fingerprint density at radius 3 is 2.19 bits per heavy atom. The molecule has 2 aromatic rings. The fourth-order valence-electron chi connectivity index (χ4n) is 2.25. The molecule has 1 N–H and O–H groups in total. The molecule has 0 saturated heterocycles. The third kappa shape index (κ3) is 5.34. The van der Waals surface area contributed by atoms with E-state index in [0.29, 0.717) is 13.1 Å². The molecule has 1 aromatic carbocycles. The van der Waals surface area contributed by atoms with Crippen LogP contribution in [0.2, 0.25) is 0 Å². The van der Waals surface area contributed by atoms with Gasteiger partial charge in [-0.3, -0.25) is 10.1 Å². The molecule has 0 bridgehead atoms. The number of carbonyl (C=O) groups is 1. The fourth-order valence-corrected chi connectivity index (χ4v) is 4.27. The Morgan fingerprint density at radius 2 is 1.67 bits per heavy atom. The van der Waals surface area contributed by atoms with Gasteiger partial charge in [-0.2, -0.15) is 4.31 Å². The zero-order chi connectivity index (χ0) is 20.2. The van der Waals surface area contributed by atoms with Crippen LogP contribution in [0.3, 0.4) is 0 Å². The second kappa shape index (κ2) is 8.15. The summed E-state index contributed by atoms with van der Waals surface area (Å²) in [6.07, 6.45) is 1.02. The molecule has 27 heavy (non-hydrogen) atoms. The topological polar surface area (TPSA) is 140 Å². The lowest BCUT2D eigenvalue weighted by atomic mass is 10.2. The number of nitrogens with zero attached hydrogens (tertiary/aromatic N) is 3. The number of rotatable bonds is 8. The van der Waals surface area contributed by atoms with Crippen LogP contribution in [0.1, 0.15) is 30.1 Å². The smallest absolute Gasteiger partial charge is 0.322 e. The zero-order valence-corrected chi connectivity index (χ0v) is 16.7. The van der Waals surface area contributed by atoms with E-state index in [1.807, 2.05) is 0 Å². The number of amides is 1. The van der Waals surface area contributed by atoms with Gasteiger partial charge in [0.05, 0.1) is 4.90 Å². The molecule has 148 valence electrons. The molecule has 0 unspecified atom stereocenters. The molecule has 0 radical (unpaired) electrons. The van der Waals surface area contributed by atoms with E-state index >= 15 is 0 Å². The maximum Gasteiger partial charge on any atom is 0.322 e. The molecule has 0 atom stereocenters. The van der Waals surface area contributed by atoms with E-state index in [4.69, 9.17) is 4.42 Å². The van der Waals surface area contributed by atoms with Gasteiger partial charge in [0.2, 0.25) is 15.9 Å². The fraction of sp³-hybridized carbons (Fsp3) is 0.400. The minimum absolute atomic E-state index is 0.0796. The number of hydrogen-bond acceptors (Lipinski definition) is 8. The van der Waals surface area contributed by atoms with Crippen LogP contribution < -0.4 is 5.32 Å². The van der Waals surface area contributed by atoms with Gasteiger partial charge in [0, 0.05) is 24.9 Å². The van der Waals surface area contributed by atoms with Crippen molar-refractivity contribution in [1.29, 1.82) is 0 Å². The Balaban J connectivity index is 2.12. The van der Waals surface area contributed by atoms with Crippen LogP contribution in [0.25, 0.3) is 0 Å². The van der Waals surface area contributed by atoms with Crippen molar-refractivity contribution in [3.63, 3.8) is 0 Å². The standard InChI is InChI=1S/C15H20N4O6S2/c1-4-19(5-2)27(23,24)12-8-6-11(7-9-12)14(20)16-15-18-17-13(25-15)10-26(3,21)22/h6-9H,4-5,10H2,1-3H3,(H,16,18,20). The molecule has 10 nitrogen and oxygen atoms in total. The van der Waals surface area contributed by atoms with E-state index in [-0.39, 0.29) is 22.4 Å². The monoisotopic (exact) mass is 416 g/mol. The first kappa shape index (κ1) is 21.0. The lowest BCUT2D eigenvalue weighted by molar-refractivity contribution is 0.102. The van der Waals surface area contributed by atoms with Crippen molar-refractivity contribution < 1.29 is 26.0 Å². The number of aromatic nitrogens is 2. The van der Waals surface area contributed by atoms with Crippen LogP contribution in [0.5, 0.6) is 0 Å². The first-order valence-corrected chi connectivity index (χ1v) is 11.5. The van der Waals surface area contributed by atoms with E-state index in [2.05, 4.69) is 15.5 Å². The molecule has 0 aliphatic rings. The predicted octanol–water partition coefficient (Wildman–Crippen LogP) is 0.897. The first-order chi connectivity index (χ1) is 12.6. The maximum atomic E-state index is 12.4. The molecular formula is C15H20N4O6S2. The SMILES string of the molecule is CCN(CC)S(=O)(=O)c1ccc(C(=O)Nc2nnc(CS(C)(=O)=O)o2)cc1. The van der Waals surface area contributed by atoms with Gasteiger partial charge in [0.15, 0.2) is 9.84 Å². The molecule has 1 aromatic heterocycles. The summed E-state index contributed by atoms with van der Waals surface area (Å²) in [6, 6.07) is 5.15. The van der Waals surface area contributed by atoms with Crippen LogP contribution in [-0.4, -0.2) is 56.6 Å². The Labute approximate surface area is 157 Å². The van der Waals surface area contributed by atoms with E-state index in [1.165, 1.54) is 28.6 Å². The highest BCUT2D eigenvalue weighted by atomic mass is 32.2. The quantitative estimate of drug-likeness (QED) is 0.669. The Hall–Kier alpha value is -2.31. The summed E-state index contributed by atoms with van der Waals surface area (Å²) >= 11 is 0. The number of sulfone groups is 1. The average Bonchev–Trinajstić information content (AvgIpc) is 3.00. The van der Waals surface area contributed by atoms with Gasteiger partial charge < -0.3 is 4.42 Å². The van der Waals surface area contributed by atoms with Crippen molar-refractivity contribution in [3.8, 4) is 0 Å². The van der Waals surface area contributed by atoms with Crippen molar-refractivity contribution in [2.24, 2.45) is 0 Å². The van der Waals surface area contributed by atoms with Crippen LogP contribution in [0, 0.1) is 0 Å². The van der Waals surface area contributed by atoms with E-state index in [1.54, 1.807) is 13.8 Å². The third-order valence-electron chi connectivity index (χ3n) is 3.53. The van der Waals surface area contributed by atoms with Crippen molar-refractivity contribution in [2.75, 3.05) is 24.7 Å². The van der Waals surface area contributed by atoms with Gasteiger partial charge in [-0.25, -0.2) is 16.8 Å². The summed E-state index contributed by atoms with van der Waals surface area (Å²) in [5.74, 6) is -1.18. The summed E-state index contributed by atoms with van der Waals surface area (Å²) < 4.78 is 53.6. The van der Waals surface area contributed by atoms with Gasteiger partial charge in [0.25, 0.3) is 5.91 Å². The van der Waals surface area contributed by atoms with Crippen LogP contribution >= 0.6 is 0 Å². The van der Waals surface area contributed by atoms with Gasteiger partial charge in [-0.1, -0.05) is 18.9 Å². The van der Waals surface area contributed by atoms with Crippen LogP contribution in [0.4, 0.5) is 6.01 Å². The summed E-state index contributed by atoms with van der Waals surface area (Å²) in [7, 11) is -6.96. The summed E-state index contributed by atoms with van der Waals surface area (Å²) in [6.45, 7) is 4.17. The maximum absolute atomic E-state index is 12.4. The summed E-state index contributed by atoms with van der Waals surface area (Å²) in [4.78, 5) is 12.3. The second-order valence-electron chi connectivity index (χ2n) is 5.64. The first-order valence-electron chi connectivity index (χ1n) is 7.98. The number of nitrogens with one attached hydrogen (secondary N) is 1. The normalized spacial score (nSPS) is 12.3. The highest BCUT2D eigenvalue weighted by Gasteiger charge is 2.22. The number of benzene rings is 1. The molecule has 0 saturated carbocycles. The van der Waals surface area contributed by atoms with Gasteiger partial charge in [0.1, 0.15) is 5.75 Å². The summed E-state index contributed by atoms with van der Waals surface area (Å²) in [5.41, 5.74) is 0.177. The average molecular weight is 416 g/mol. The Morgan fingerprint density at radius 1 is 1.07 bits per heavy atom. The minimum atomic E-state index is -3.61. The molecule has 0 aliphatic carbocycles. The van der Waals surface area contributed by atoms with Crippen molar-refractivity contribution in [3.05, 3.63) is 35.7 Å². The Kier molecular flexibility index (Phi) is 6.34. The number of anilines is 1. The van der Waals surface area contributed by atoms with E-state index in [9.17, 15) is 21.6 Å². The minimum Gasteiger partial charge on any atom is -0.407 e. The molecule has 0 aliphatic heterocycles. The van der Waals surface area contributed by atoms with Crippen molar-refractivity contribution in [1.82, 2.24) is 14.5 Å². The highest BCUT2D eigenvalue weighted by molar-refractivity contribution is 7.89. The van der Waals surface area contributed by atoms with Crippen LogP contribution in [-0.2, 0) is 25.6 Å². The predicted molar refractivity (Wildman–Crippen MR) is 97.3 cm³/mol. The third-order valence-corrected chi connectivity index (χ3v) is 6.37. The van der Waals surface area contributed by atoms with Crippen molar-refractivity contribution in [2.45, 2.75) is 24.5 Å². The number of hydrogen-bond donors (Lipinski definition) is 1. The molecule has 0 fully saturated rings. The van der Waals surface area contributed by atoms with Crippen LogP contribution in [0.15, 0.2) is 33.6 Å². The molecule has 1 amide bonds. The lowest BCUT2D eigenvalue weighted by Crippen LogP contribution is -2.30. The molecule has 0 spiro atoms. The van der Waals surface area contributed by atoms with E-state index < -0.39 is 31.5 Å². The van der Waals surface area contributed by atoms with Crippen molar-refractivity contribution >= 4 is 31.8 Å². The molecule has 2 rings (SSSR count). The number of carbonyl (C=O) groups excluding carboxylic acids is 1. The Bertz CT molecular complexity index is 1010. The lowest BCUT2D eigenvalue weighted by Gasteiger charge is -2.18. The molecular weight excluding hydrogens is 396 g/mol. The molecule has 1 heterocycles. The largest absolute Gasteiger partial charge is 0.407 e. The summed E-state index contributed by atoms with van der Waals surface area (Å²) in [5, 5.41) is 9.42.